The molecule has 26 heavy (non-hydrogen) atoms. The Balaban J connectivity index is 2.58. The fourth-order valence-electron chi connectivity index (χ4n) is 2.04. The maximum absolute atomic E-state index is 11.9. The number of ether oxygens (including phenoxy) is 3. The molecular weight excluding hydrogens is 336 g/mol. The first-order valence-corrected chi connectivity index (χ1v) is 8.45. The molecular formula is C19H26N2O5. The van der Waals surface area contributed by atoms with Crippen LogP contribution in [0.1, 0.15) is 45.2 Å². The molecule has 142 valence electrons. The summed E-state index contributed by atoms with van der Waals surface area (Å²) in [5.74, 6) is -0.421. The van der Waals surface area contributed by atoms with Gasteiger partial charge in [0.15, 0.2) is 0 Å². The third-order valence-corrected chi connectivity index (χ3v) is 3.11. The van der Waals surface area contributed by atoms with E-state index in [4.69, 9.17) is 19.5 Å². The Morgan fingerprint density at radius 3 is 2.42 bits per heavy atom. The van der Waals surface area contributed by atoms with E-state index in [9.17, 15) is 9.59 Å². The summed E-state index contributed by atoms with van der Waals surface area (Å²) in [5, 5.41) is 11.4. The molecule has 1 unspecified atom stereocenters. The minimum atomic E-state index is -0.637. The summed E-state index contributed by atoms with van der Waals surface area (Å²) >= 11 is 0. The lowest BCUT2D eigenvalue weighted by Gasteiger charge is -2.23. The minimum Gasteiger partial charge on any atom is -0.466 e. The maximum atomic E-state index is 11.9. The van der Waals surface area contributed by atoms with Crippen molar-refractivity contribution in [2.24, 2.45) is 0 Å². The van der Waals surface area contributed by atoms with Gasteiger partial charge in [-0.05, 0) is 45.4 Å². The molecule has 0 saturated carbocycles. The van der Waals surface area contributed by atoms with Crippen LogP contribution in [0.2, 0.25) is 0 Å². The second kappa shape index (κ2) is 10.4. The number of carbonyl (C=O) groups excluding carboxylic acids is 2. The van der Waals surface area contributed by atoms with Gasteiger partial charge < -0.3 is 19.5 Å². The van der Waals surface area contributed by atoms with Crippen LogP contribution in [0.25, 0.3) is 0 Å². The highest BCUT2D eigenvalue weighted by molar-refractivity contribution is 5.72. The van der Waals surface area contributed by atoms with Crippen molar-refractivity contribution in [2.75, 3.05) is 13.2 Å². The van der Waals surface area contributed by atoms with Crippen molar-refractivity contribution in [2.45, 2.75) is 52.4 Å². The molecule has 0 aliphatic carbocycles. The fraction of sp³-hybridized carbons (Fsp3) is 0.526. The molecule has 0 aliphatic rings. The van der Waals surface area contributed by atoms with Crippen molar-refractivity contribution in [3.05, 3.63) is 35.4 Å². The van der Waals surface area contributed by atoms with Crippen LogP contribution in [0.3, 0.4) is 0 Å². The lowest BCUT2D eigenvalue weighted by Crippen LogP contribution is -2.42. The molecule has 0 aromatic heterocycles. The lowest BCUT2D eigenvalue weighted by atomic mass is 10.1. The molecule has 1 atom stereocenters. The van der Waals surface area contributed by atoms with E-state index in [0.717, 1.165) is 5.56 Å². The van der Waals surface area contributed by atoms with E-state index in [1.807, 2.05) is 6.07 Å². The molecule has 0 bridgehead atoms. The number of nitrogens with zero attached hydrogens (tertiary/aromatic N) is 1. The maximum Gasteiger partial charge on any atom is 0.407 e. The van der Waals surface area contributed by atoms with E-state index < -0.39 is 23.7 Å². The van der Waals surface area contributed by atoms with Gasteiger partial charge in [0.1, 0.15) is 5.60 Å². The van der Waals surface area contributed by atoms with Crippen molar-refractivity contribution in [3.63, 3.8) is 0 Å². The summed E-state index contributed by atoms with van der Waals surface area (Å²) in [5.41, 5.74) is 0.818. The Labute approximate surface area is 154 Å². The first-order chi connectivity index (χ1) is 12.2. The molecule has 1 aromatic carbocycles. The zero-order chi connectivity index (χ0) is 19.6. The van der Waals surface area contributed by atoms with Crippen LogP contribution >= 0.6 is 0 Å². The molecule has 7 nitrogen and oxygen atoms in total. The normalized spacial score (nSPS) is 12.0. The van der Waals surface area contributed by atoms with E-state index in [-0.39, 0.29) is 19.6 Å². The van der Waals surface area contributed by atoms with Crippen LogP contribution in [0.15, 0.2) is 24.3 Å². The van der Waals surface area contributed by atoms with Crippen LogP contribution in [-0.4, -0.2) is 36.9 Å². The zero-order valence-electron chi connectivity index (χ0n) is 15.7. The number of alkyl carbamates (subject to hydrolysis) is 1. The number of esters is 1. The summed E-state index contributed by atoms with van der Waals surface area (Å²) in [7, 11) is 0. The Bertz CT molecular complexity index is 629. The van der Waals surface area contributed by atoms with E-state index in [1.165, 1.54) is 0 Å². The lowest BCUT2D eigenvalue weighted by molar-refractivity contribution is -0.144. The van der Waals surface area contributed by atoms with Gasteiger partial charge in [0.05, 0.1) is 43.9 Å². The molecule has 1 aromatic rings. The molecule has 0 fully saturated rings. The first kappa shape index (κ1) is 21.5. The summed E-state index contributed by atoms with van der Waals surface area (Å²) < 4.78 is 15.7. The Hall–Kier alpha value is -2.59. The Morgan fingerprint density at radius 1 is 1.23 bits per heavy atom. The van der Waals surface area contributed by atoms with Gasteiger partial charge in [-0.1, -0.05) is 12.1 Å². The summed E-state index contributed by atoms with van der Waals surface area (Å²) in [6.45, 7) is 7.68. The van der Waals surface area contributed by atoms with Crippen molar-refractivity contribution >= 4 is 12.1 Å². The summed E-state index contributed by atoms with van der Waals surface area (Å²) in [4.78, 5) is 23.7. The van der Waals surface area contributed by atoms with Crippen molar-refractivity contribution < 1.29 is 23.8 Å². The average Bonchev–Trinajstić information content (AvgIpc) is 2.53. The number of benzene rings is 1. The molecule has 1 rings (SSSR count). The summed E-state index contributed by atoms with van der Waals surface area (Å²) in [6.07, 6.45) is -0.630. The van der Waals surface area contributed by atoms with E-state index in [2.05, 4.69) is 5.32 Å². The number of hydrogen-bond donors (Lipinski definition) is 1. The number of hydrogen-bond acceptors (Lipinski definition) is 6. The van der Waals surface area contributed by atoms with Crippen LogP contribution in [-0.2, 0) is 25.6 Å². The fourth-order valence-corrected chi connectivity index (χ4v) is 2.04. The molecule has 0 radical (unpaired) electrons. The van der Waals surface area contributed by atoms with Crippen molar-refractivity contribution in [1.82, 2.24) is 5.32 Å². The average molecular weight is 362 g/mol. The number of rotatable bonds is 8. The molecule has 7 heteroatoms. The molecule has 0 aliphatic heterocycles. The van der Waals surface area contributed by atoms with Gasteiger partial charge in [0.2, 0.25) is 0 Å². The Kier molecular flexibility index (Phi) is 8.59. The topological polar surface area (TPSA) is 97.6 Å². The van der Waals surface area contributed by atoms with E-state index >= 15 is 0 Å². The zero-order valence-corrected chi connectivity index (χ0v) is 15.7. The van der Waals surface area contributed by atoms with Crippen LogP contribution in [0, 0.1) is 11.3 Å². The van der Waals surface area contributed by atoms with Gasteiger partial charge in [-0.25, -0.2) is 4.79 Å². The monoisotopic (exact) mass is 362 g/mol. The van der Waals surface area contributed by atoms with Gasteiger partial charge in [-0.15, -0.1) is 0 Å². The quantitative estimate of drug-likeness (QED) is 0.714. The highest BCUT2D eigenvalue weighted by Gasteiger charge is 2.22. The van der Waals surface area contributed by atoms with E-state index in [1.54, 1.807) is 52.0 Å². The SMILES string of the molecule is CCOC(=O)CC(COCc1ccc(C#N)cc1)NC(=O)OC(C)(C)C. The van der Waals surface area contributed by atoms with Crippen molar-refractivity contribution in [3.8, 4) is 6.07 Å². The van der Waals surface area contributed by atoms with Gasteiger partial charge in [-0.3, -0.25) is 4.79 Å². The van der Waals surface area contributed by atoms with Gasteiger partial charge in [-0.2, -0.15) is 5.26 Å². The second-order valence-corrected chi connectivity index (χ2v) is 6.68. The standard InChI is InChI=1S/C19H26N2O5/c1-5-25-17(22)10-16(21-18(23)26-19(2,3)4)13-24-12-15-8-6-14(11-20)7-9-15/h6-9,16H,5,10,12-13H2,1-4H3,(H,21,23). The molecule has 1 amide bonds. The number of carbonyl (C=O) groups is 2. The van der Waals surface area contributed by atoms with Crippen LogP contribution in [0.5, 0.6) is 0 Å². The largest absolute Gasteiger partial charge is 0.466 e. The van der Waals surface area contributed by atoms with Gasteiger partial charge in [0, 0.05) is 0 Å². The first-order valence-electron chi connectivity index (χ1n) is 8.45. The highest BCUT2D eigenvalue weighted by atomic mass is 16.6. The number of nitriles is 1. The summed E-state index contributed by atoms with van der Waals surface area (Å²) in [6, 6.07) is 8.47. The highest BCUT2D eigenvalue weighted by Crippen LogP contribution is 2.09. The van der Waals surface area contributed by atoms with Gasteiger partial charge in [0.25, 0.3) is 0 Å². The molecule has 0 saturated heterocycles. The van der Waals surface area contributed by atoms with Crippen molar-refractivity contribution in [1.29, 1.82) is 5.26 Å². The van der Waals surface area contributed by atoms with Crippen LogP contribution < -0.4 is 5.32 Å². The third kappa shape index (κ3) is 9.04. The van der Waals surface area contributed by atoms with Crippen LogP contribution in [0.4, 0.5) is 4.79 Å². The number of nitrogens with one attached hydrogen (secondary N) is 1. The third-order valence-electron chi connectivity index (χ3n) is 3.11. The molecule has 1 N–H and O–H groups in total. The minimum absolute atomic E-state index is 0.0134. The number of amides is 1. The second-order valence-electron chi connectivity index (χ2n) is 6.68. The van der Waals surface area contributed by atoms with Gasteiger partial charge >= 0.3 is 12.1 Å². The smallest absolute Gasteiger partial charge is 0.407 e. The van der Waals surface area contributed by atoms with E-state index in [0.29, 0.717) is 12.2 Å². The predicted octanol–water partition coefficient (Wildman–Crippen LogP) is 2.92. The molecule has 0 spiro atoms. The predicted molar refractivity (Wildman–Crippen MR) is 95.2 cm³/mol. The Morgan fingerprint density at radius 2 is 1.88 bits per heavy atom. The molecule has 0 heterocycles.